The van der Waals surface area contributed by atoms with E-state index in [0.717, 1.165) is 12.8 Å². The van der Waals surface area contributed by atoms with E-state index < -0.39 is 0 Å². The Morgan fingerprint density at radius 3 is 2.73 bits per heavy atom. The first-order chi connectivity index (χ1) is 5.16. The zero-order valence-electron chi connectivity index (χ0n) is 7.30. The fourth-order valence-corrected chi connectivity index (χ4v) is 0.713. The first kappa shape index (κ1) is 10.2. The highest BCUT2D eigenvalue weighted by atomic mass is 16.5. The summed E-state index contributed by atoms with van der Waals surface area (Å²) in [5.74, 6) is -0.109. The van der Waals surface area contributed by atoms with Crippen molar-refractivity contribution in [1.29, 1.82) is 0 Å². The second-order valence-corrected chi connectivity index (χ2v) is 2.72. The molecule has 11 heavy (non-hydrogen) atoms. The fourth-order valence-electron chi connectivity index (χ4n) is 0.713. The molecule has 0 saturated carbocycles. The van der Waals surface area contributed by atoms with Crippen LogP contribution in [0.1, 0.15) is 33.1 Å². The van der Waals surface area contributed by atoms with Gasteiger partial charge in [-0.3, -0.25) is 4.79 Å². The lowest BCUT2D eigenvalue weighted by atomic mass is 10.2. The zero-order chi connectivity index (χ0) is 8.69. The summed E-state index contributed by atoms with van der Waals surface area (Å²) in [6.07, 6.45) is 4.04. The van der Waals surface area contributed by atoms with E-state index in [0.29, 0.717) is 6.42 Å². The lowest BCUT2D eigenvalue weighted by Gasteiger charge is -2.06. The SMILES string of the molecule is C=CCCCC(=O)OC(C)C. The molecule has 0 rings (SSSR count). The third-order valence-electron chi connectivity index (χ3n) is 1.16. The van der Waals surface area contributed by atoms with Crippen molar-refractivity contribution in [2.45, 2.75) is 39.2 Å². The van der Waals surface area contributed by atoms with Gasteiger partial charge in [0.05, 0.1) is 6.10 Å². The molecule has 0 bridgehead atoms. The van der Waals surface area contributed by atoms with Crippen molar-refractivity contribution in [2.24, 2.45) is 0 Å². The van der Waals surface area contributed by atoms with Crippen LogP contribution in [0.2, 0.25) is 0 Å². The standard InChI is InChI=1S/C9H16O2/c1-4-5-6-7-9(10)11-8(2)3/h4,8H,1,5-7H2,2-3H3. The van der Waals surface area contributed by atoms with Crippen LogP contribution in [0.4, 0.5) is 0 Å². The number of esters is 1. The van der Waals surface area contributed by atoms with Crippen LogP contribution in [-0.4, -0.2) is 12.1 Å². The minimum atomic E-state index is -0.109. The minimum Gasteiger partial charge on any atom is -0.463 e. The van der Waals surface area contributed by atoms with Crippen LogP contribution in [0.3, 0.4) is 0 Å². The second kappa shape index (κ2) is 5.96. The van der Waals surface area contributed by atoms with Crippen LogP contribution < -0.4 is 0 Å². The van der Waals surface area contributed by atoms with Crippen molar-refractivity contribution >= 4 is 5.97 Å². The van der Waals surface area contributed by atoms with E-state index in [4.69, 9.17) is 4.74 Å². The van der Waals surface area contributed by atoms with Crippen molar-refractivity contribution in [3.63, 3.8) is 0 Å². The Morgan fingerprint density at radius 1 is 1.64 bits per heavy atom. The molecular formula is C9H16O2. The molecule has 0 N–H and O–H groups in total. The number of allylic oxidation sites excluding steroid dienone is 1. The highest BCUT2D eigenvalue weighted by Gasteiger charge is 2.03. The molecule has 64 valence electrons. The largest absolute Gasteiger partial charge is 0.463 e. The van der Waals surface area contributed by atoms with E-state index in [1.165, 1.54) is 0 Å². The molecule has 0 aromatic carbocycles. The number of hydrogen-bond donors (Lipinski definition) is 0. The Morgan fingerprint density at radius 2 is 2.27 bits per heavy atom. The van der Waals surface area contributed by atoms with Crippen LogP contribution in [0.15, 0.2) is 12.7 Å². The van der Waals surface area contributed by atoms with E-state index in [2.05, 4.69) is 6.58 Å². The van der Waals surface area contributed by atoms with Crippen LogP contribution in [0.25, 0.3) is 0 Å². The number of carbonyl (C=O) groups excluding carboxylic acids is 1. The fraction of sp³-hybridized carbons (Fsp3) is 0.667. The number of rotatable bonds is 5. The number of hydrogen-bond acceptors (Lipinski definition) is 2. The van der Waals surface area contributed by atoms with Gasteiger partial charge < -0.3 is 4.74 Å². The van der Waals surface area contributed by atoms with Gasteiger partial charge in [-0.2, -0.15) is 0 Å². The second-order valence-electron chi connectivity index (χ2n) is 2.72. The quantitative estimate of drug-likeness (QED) is 0.347. The molecule has 0 atom stereocenters. The molecule has 2 nitrogen and oxygen atoms in total. The molecule has 0 aliphatic heterocycles. The monoisotopic (exact) mass is 156 g/mol. The average Bonchev–Trinajstić information content (AvgIpc) is 1.86. The summed E-state index contributed by atoms with van der Waals surface area (Å²) in [7, 11) is 0. The van der Waals surface area contributed by atoms with E-state index in [-0.39, 0.29) is 12.1 Å². The highest BCUT2D eigenvalue weighted by molar-refractivity contribution is 5.69. The van der Waals surface area contributed by atoms with Gasteiger partial charge in [0.2, 0.25) is 0 Å². The summed E-state index contributed by atoms with van der Waals surface area (Å²) < 4.78 is 4.92. The molecule has 0 heterocycles. The van der Waals surface area contributed by atoms with Crippen molar-refractivity contribution < 1.29 is 9.53 Å². The highest BCUT2D eigenvalue weighted by Crippen LogP contribution is 1.99. The Hall–Kier alpha value is -0.790. The zero-order valence-corrected chi connectivity index (χ0v) is 7.30. The maximum absolute atomic E-state index is 10.9. The number of carbonyl (C=O) groups is 1. The number of ether oxygens (including phenoxy) is 1. The summed E-state index contributed by atoms with van der Waals surface area (Å²) in [6.45, 7) is 7.27. The molecule has 0 unspecified atom stereocenters. The maximum atomic E-state index is 10.9. The molecule has 2 heteroatoms. The van der Waals surface area contributed by atoms with Gasteiger partial charge >= 0.3 is 5.97 Å². The molecular weight excluding hydrogens is 140 g/mol. The van der Waals surface area contributed by atoms with Gasteiger partial charge in [0.15, 0.2) is 0 Å². The topological polar surface area (TPSA) is 26.3 Å². The Kier molecular flexibility index (Phi) is 5.53. The Bertz CT molecular complexity index is 128. The lowest BCUT2D eigenvalue weighted by Crippen LogP contribution is -2.10. The van der Waals surface area contributed by atoms with Crippen LogP contribution >= 0.6 is 0 Å². The van der Waals surface area contributed by atoms with Gasteiger partial charge in [-0.1, -0.05) is 6.08 Å². The van der Waals surface area contributed by atoms with Crippen LogP contribution in [0.5, 0.6) is 0 Å². The van der Waals surface area contributed by atoms with Gasteiger partial charge in [0, 0.05) is 6.42 Å². The van der Waals surface area contributed by atoms with E-state index in [1.54, 1.807) is 0 Å². The third kappa shape index (κ3) is 7.10. The molecule has 0 aliphatic rings. The summed E-state index contributed by atoms with van der Waals surface area (Å²) in [5, 5.41) is 0. The van der Waals surface area contributed by atoms with Crippen molar-refractivity contribution in [3.05, 3.63) is 12.7 Å². The van der Waals surface area contributed by atoms with Gasteiger partial charge in [-0.05, 0) is 26.7 Å². The van der Waals surface area contributed by atoms with Crippen LogP contribution in [0, 0.1) is 0 Å². The maximum Gasteiger partial charge on any atom is 0.306 e. The molecule has 0 amide bonds. The predicted molar refractivity (Wildman–Crippen MR) is 45.3 cm³/mol. The molecule has 0 aromatic heterocycles. The molecule has 0 radical (unpaired) electrons. The predicted octanol–water partition coefficient (Wildman–Crippen LogP) is 2.29. The molecule has 0 saturated heterocycles. The van der Waals surface area contributed by atoms with Crippen molar-refractivity contribution in [2.75, 3.05) is 0 Å². The summed E-state index contributed by atoms with van der Waals surface area (Å²) in [5.41, 5.74) is 0. The van der Waals surface area contributed by atoms with E-state index >= 15 is 0 Å². The van der Waals surface area contributed by atoms with Crippen molar-refractivity contribution in [1.82, 2.24) is 0 Å². The minimum absolute atomic E-state index is 0.00577. The van der Waals surface area contributed by atoms with Gasteiger partial charge in [-0.25, -0.2) is 0 Å². The van der Waals surface area contributed by atoms with Gasteiger partial charge in [-0.15, -0.1) is 6.58 Å². The molecule has 0 spiro atoms. The molecule has 0 aromatic rings. The average molecular weight is 156 g/mol. The summed E-state index contributed by atoms with van der Waals surface area (Å²) in [6, 6.07) is 0. The normalized spacial score (nSPS) is 9.73. The first-order valence-electron chi connectivity index (χ1n) is 3.97. The Labute approximate surface area is 68.2 Å². The lowest BCUT2D eigenvalue weighted by molar-refractivity contribution is -0.147. The smallest absolute Gasteiger partial charge is 0.306 e. The van der Waals surface area contributed by atoms with Crippen LogP contribution in [-0.2, 0) is 9.53 Å². The molecule has 0 fully saturated rings. The first-order valence-corrected chi connectivity index (χ1v) is 3.97. The van der Waals surface area contributed by atoms with Crippen molar-refractivity contribution in [3.8, 4) is 0 Å². The number of unbranched alkanes of at least 4 members (excludes halogenated alkanes) is 1. The van der Waals surface area contributed by atoms with Gasteiger partial charge in [0.1, 0.15) is 0 Å². The summed E-state index contributed by atoms with van der Waals surface area (Å²) in [4.78, 5) is 10.9. The third-order valence-corrected chi connectivity index (χ3v) is 1.16. The van der Waals surface area contributed by atoms with Gasteiger partial charge in [0.25, 0.3) is 0 Å². The Balaban J connectivity index is 3.30. The summed E-state index contributed by atoms with van der Waals surface area (Å²) >= 11 is 0. The molecule has 0 aliphatic carbocycles. The van der Waals surface area contributed by atoms with E-state index in [1.807, 2.05) is 19.9 Å². The van der Waals surface area contributed by atoms with E-state index in [9.17, 15) is 4.79 Å².